The summed E-state index contributed by atoms with van der Waals surface area (Å²) in [4.78, 5) is 13.2. The molecule has 2 aromatic rings. The molecule has 1 fully saturated rings. The van der Waals surface area contributed by atoms with Gasteiger partial charge in [-0.25, -0.2) is 9.18 Å². The number of hydrogen-bond acceptors (Lipinski definition) is 3. The van der Waals surface area contributed by atoms with Crippen LogP contribution in [0.4, 0.5) is 4.39 Å². The van der Waals surface area contributed by atoms with Crippen molar-refractivity contribution >= 4 is 5.97 Å². The van der Waals surface area contributed by atoms with E-state index < -0.39 is 5.97 Å². The van der Waals surface area contributed by atoms with Gasteiger partial charge in [0.25, 0.3) is 0 Å². The number of rotatable bonds is 6. The van der Waals surface area contributed by atoms with Gasteiger partial charge in [0.2, 0.25) is 0 Å². The summed E-state index contributed by atoms with van der Waals surface area (Å²) in [5.74, 6) is -0.00764. The van der Waals surface area contributed by atoms with Crippen molar-refractivity contribution in [3.05, 3.63) is 53.8 Å². The highest BCUT2D eigenvalue weighted by Gasteiger charge is 2.18. The molecule has 26 heavy (non-hydrogen) atoms. The van der Waals surface area contributed by atoms with Gasteiger partial charge < -0.3 is 9.84 Å². The van der Waals surface area contributed by atoms with Gasteiger partial charge >= 0.3 is 5.97 Å². The zero-order valence-electron chi connectivity index (χ0n) is 15.0. The Hall–Kier alpha value is -2.40. The minimum Gasteiger partial charge on any atom is -0.482 e. The van der Waals surface area contributed by atoms with Crippen LogP contribution in [0.1, 0.15) is 25.3 Å². The van der Waals surface area contributed by atoms with E-state index in [-0.39, 0.29) is 12.4 Å². The highest BCUT2D eigenvalue weighted by atomic mass is 19.1. The van der Waals surface area contributed by atoms with Gasteiger partial charge in [-0.15, -0.1) is 0 Å². The number of halogens is 1. The molecular formula is C21H24FNO3. The summed E-state index contributed by atoms with van der Waals surface area (Å²) in [6.45, 7) is 4.67. The number of likely N-dealkylation sites (tertiary alicyclic amines) is 1. The minimum absolute atomic E-state index is 0.266. The summed E-state index contributed by atoms with van der Waals surface area (Å²) < 4.78 is 18.7. The lowest BCUT2D eigenvalue weighted by molar-refractivity contribution is -0.139. The van der Waals surface area contributed by atoms with Crippen molar-refractivity contribution in [3.8, 4) is 16.9 Å². The van der Waals surface area contributed by atoms with Crippen LogP contribution in [0.3, 0.4) is 0 Å². The molecule has 1 atom stereocenters. The Kier molecular flexibility index (Phi) is 5.89. The number of ether oxygens (including phenoxy) is 1. The molecule has 1 aliphatic heterocycles. The topological polar surface area (TPSA) is 49.8 Å². The monoisotopic (exact) mass is 357 g/mol. The van der Waals surface area contributed by atoms with Crippen LogP contribution < -0.4 is 4.74 Å². The van der Waals surface area contributed by atoms with Crippen LogP contribution in [0.15, 0.2) is 42.5 Å². The second kappa shape index (κ2) is 8.32. The summed E-state index contributed by atoms with van der Waals surface area (Å²) in [5, 5.41) is 8.91. The maximum atomic E-state index is 13.2. The van der Waals surface area contributed by atoms with Gasteiger partial charge in [-0.3, -0.25) is 4.90 Å². The molecule has 1 saturated heterocycles. The Balaban J connectivity index is 1.86. The summed E-state index contributed by atoms with van der Waals surface area (Å²) in [7, 11) is 0. The molecule has 0 aromatic heterocycles. The molecule has 0 saturated carbocycles. The van der Waals surface area contributed by atoms with Crippen LogP contribution in [0.25, 0.3) is 11.1 Å². The fourth-order valence-corrected chi connectivity index (χ4v) is 3.48. The molecule has 0 bridgehead atoms. The first-order chi connectivity index (χ1) is 12.5. The molecular weight excluding hydrogens is 333 g/mol. The molecule has 0 radical (unpaired) electrons. The van der Waals surface area contributed by atoms with Crippen LogP contribution in [0, 0.1) is 11.7 Å². The quantitative estimate of drug-likeness (QED) is 0.842. The first-order valence-corrected chi connectivity index (χ1v) is 8.97. The van der Waals surface area contributed by atoms with Crippen molar-refractivity contribution in [1.82, 2.24) is 4.90 Å². The van der Waals surface area contributed by atoms with Crippen LogP contribution in [0.2, 0.25) is 0 Å². The van der Waals surface area contributed by atoms with Crippen LogP contribution in [-0.2, 0) is 11.3 Å². The number of carboxylic acid groups (broad SMARTS) is 1. The molecule has 3 rings (SSSR count). The Labute approximate surface area is 153 Å². The molecule has 1 aliphatic rings. The van der Waals surface area contributed by atoms with Crippen molar-refractivity contribution in [1.29, 1.82) is 0 Å². The highest BCUT2D eigenvalue weighted by Crippen LogP contribution is 2.29. The van der Waals surface area contributed by atoms with E-state index in [4.69, 9.17) is 9.84 Å². The Morgan fingerprint density at radius 2 is 1.96 bits per heavy atom. The third kappa shape index (κ3) is 4.82. The number of hydrogen-bond donors (Lipinski definition) is 1. The Bertz CT molecular complexity index is 760. The predicted molar refractivity (Wildman–Crippen MR) is 98.6 cm³/mol. The van der Waals surface area contributed by atoms with Gasteiger partial charge in [0.05, 0.1) is 0 Å². The number of benzene rings is 2. The van der Waals surface area contributed by atoms with Crippen molar-refractivity contribution in [2.75, 3.05) is 19.7 Å². The van der Waals surface area contributed by atoms with Crippen LogP contribution >= 0.6 is 0 Å². The lowest BCUT2D eigenvalue weighted by Gasteiger charge is -2.31. The SMILES string of the molecule is C[C@@H]1CCCN(Cc2cc(-c3ccc(F)cc3)ccc2OCC(=O)O)C1. The van der Waals surface area contributed by atoms with Crippen molar-refractivity contribution < 1.29 is 19.0 Å². The Morgan fingerprint density at radius 1 is 1.23 bits per heavy atom. The van der Waals surface area contributed by atoms with E-state index in [9.17, 15) is 9.18 Å². The van der Waals surface area contributed by atoms with Crippen molar-refractivity contribution in [3.63, 3.8) is 0 Å². The smallest absolute Gasteiger partial charge is 0.341 e. The zero-order chi connectivity index (χ0) is 18.5. The average Bonchev–Trinajstić information content (AvgIpc) is 2.61. The van der Waals surface area contributed by atoms with E-state index in [0.29, 0.717) is 18.2 Å². The van der Waals surface area contributed by atoms with Crippen LogP contribution in [-0.4, -0.2) is 35.7 Å². The van der Waals surface area contributed by atoms with Crippen LogP contribution in [0.5, 0.6) is 5.75 Å². The first-order valence-electron chi connectivity index (χ1n) is 8.97. The largest absolute Gasteiger partial charge is 0.482 e. The maximum Gasteiger partial charge on any atom is 0.341 e. The minimum atomic E-state index is -0.995. The molecule has 5 heteroatoms. The first kappa shape index (κ1) is 18.4. The van der Waals surface area contributed by atoms with Gasteiger partial charge in [0.15, 0.2) is 6.61 Å². The van der Waals surface area contributed by atoms with E-state index in [2.05, 4.69) is 11.8 Å². The molecule has 1 heterocycles. The molecule has 0 spiro atoms. The summed E-state index contributed by atoms with van der Waals surface area (Å²) in [6.07, 6.45) is 2.42. The number of piperidine rings is 1. The summed E-state index contributed by atoms with van der Waals surface area (Å²) in [6, 6.07) is 12.1. The second-order valence-corrected chi connectivity index (χ2v) is 6.99. The van der Waals surface area contributed by atoms with Gasteiger partial charge in [0, 0.05) is 18.7 Å². The number of carbonyl (C=O) groups is 1. The number of nitrogens with zero attached hydrogens (tertiary/aromatic N) is 1. The number of carboxylic acids is 1. The molecule has 0 unspecified atom stereocenters. The van der Waals surface area contributed by atoms with Gasteiger partial charge in [-0.2, -0.15) is 0 Å². The van der Waals surface area contributed by atoms with E-state index >= 15 is 0 Å². The summed E-state index contributed by atoms with van der Waals surface area (Å²) in [5.41, 5.74) is 2.85. The van der Waals surface area contributed by atoms with E-state index in [1.807, 2.05) is 18.2 Å². The van der Waals surface area contributed by atoms with Gasteiger partial charge in [-0.1, -0.05) is 25.1 Å². The fraction of sp³-hybridized carbons (Fsp3) is 0.381. The third-order valence-corrected chi connectivity index (χ3v) is 4.72. The maximum absolute atomic E-state index is 13.2. The second-order valence-electron chi connectivity index (χ2n) is 6.99. The van der Waals surface area contributed by atoms with Crippen molar-refractivity contribution in [2.24, 2.45) is 5.92 Å². The zero-order valence-corrected chi connectivity index (χ0v) is 15.0. The average molecular weight is 357 g/mol. The molecule has 2 aromatic carbocycles. The van der Waals surface area contributed by atoms with E-state index in [1.165, 1.54) is 25.0 Å². The predicted octanol–water partition coefficient (Wildman–Crippen LogP) is 4.19. The highest BCUT2D eigenvalue weighted by molar-refractivity contribution is 5.69. The molecule has 1 N–H and O–H groups in total. The fourth-order valence-electron chi connectivity index (χ4n) is 3.48. The molecule has 4 nitrogen and oxygen atoms in total. The molecule has 138 valence electrons. The Morgan fingerprint density at radius 3 is 2.65 bits per heavy atom. The lowest BCUT2D eigenvalue weighted by atomic mass is 9.98. The molecule has 0 aliphatic carbocycles. The third-order valence-electron chi connectivity index (χ3n) is 4.72. The number of aliphatic carboxylic acids is 1. The van der Waals surface area contributed by atoms with Gasteiger partial charge in [0.1, 0.15) is 11.6 Å². The van der Waals surface area contributed by atoms with E-state index in [0.717, 1.165) is 29.8 Å². The molecule has 0 amide bonds. The lowest BCUT2D eigenvalue weighted by Crippen LogP contribution is -2.33. The van der Waals surface area contributed by atoms with Gasteiger partial charge in [-0.05, 0) is 60.7 Å². The van der Waals surface area contributed by atoms with Crippen molar-refractivity contribution in [2.45, 2.75) is 26.3 Å². The summed E-state index contributed by atoms with van der Waals surface area (Å²) >= 11 is 0. The normalized spacial score (nSPS) is 17.8. The van der Waals surface area contributed by atoms with E-state index in [1.54, 1.807) is 12.1 Å². The standard InChI is InChI=1S/C21H24FNO3/c1-15-3-2-10-23(12-15)13-18-11-17(16-4-7-19(22)8-5-16)6-9-20(18)26-14-21(24)25/h4-9,11,15H,2-3,10,12-14H2,1H3,(H,24,25)/t15-/m1/s1.